The van der Waals surface area contributed by atoms with Gasteiger partial charge in [0.2, 0.25) is 0 Å². The summed E-state index contributed by atoms with van der Waals surface area (Å²) in [6.45, 7) is 2.50. The molecular weight excluding hydrogens is 268 g/mol. The van der Waals surface area contributed by atoms with Crippen LogP contribution in [0.1, 0.15) is 33.7 Å². The molecule has 2 aliphatic carbocycles. The molecule has 2 atom stereocenters. The van der Waals surface area contributed by atoms with E-state index in [9.17, 15) is 0 Å². The third kappa shape index (κ3) is 2.22. The largest absolute Gasteiger partial charge is 0.248 e. The Bertz CT molecular complexity index is 726. The van der Waals surface area contributed by atoms with Crippen molar-refractivity contribution in [3.8, 4) is 0 Å². The highest BCUT2D eigenvalue weighted by molar-refractivity contribution is 6.60. The van der Waals surface area contributed by atoms with Gasteiger partial charge in [0.05, 0.1) is 0 Å². The van der Waals surface area contributed by atoms with Crippen molar-refractivity contribution in [3.05, 3.63) is 82.9 Å². The second-order valence-electron chi connectivity index (χ2n) is 6.11. The lowest BCUT2D eigenvalue weighted by Gasteiger charge is -2.34. The molecular formula is C20H19Si-. The summed E-state index contributed by atoms with van der Waals surface area (Å²) in [5.41, 5.74) is 6.59. The van der Waals surface area contributed by atoms with Crippen molar-refractivity contribution in [2.45, 2.75) is 24.1 Å². The fourth-order valence-electron chi connectivity index (χ4n) is 3.65. The minimum absolute atomic E-state index is 0.442. The smallest absolute Gasteiger partial charge is 0.0223 e. The van der Waals surface area contributed by atoms with Crippen LogP contribution in [-0.4, -0.2) is 8.80 Å². The molecule has 2 aromatic carbocycles. The molecule has 0 saturated carbocycles. The first-order valence-electron chi connectivity index (χ1n) is 7.69. The average molecular weight is 287 g/mol. The second-order valence-corrected chi connectivity index (χ2v) is 8.83. The van der Waals surface area contributed by atoms with Crippen LogP contribution in [0.25, 0.3) is 12.2 Å². The van der Waals surface area contributed by atoms with Gasteiger partial charge in [0.25, 0.3) is 0 Å². The van der Waals surface area contributed by atoms with E-state index in [0.29, 0.717) is 11.5 Å². The van der Waals surface area contributed by atoms with Crippen molar-refractivity contribution in [3.63, 3.8) is 0 Å². The standard InChI is InChI=1S/C20H19Si/c1-21(20-13-12-16-7-3-5-9-19(16)20)14-17-11-10-15-6-2-4-8-18(15)17/h2-13,17,20H,14H2,1H3/q-1. The molecule has 1 heteroatoms. The summed E-state index contributed by atoms with van der Waals surface area (Å²) in [6, 6.07) is 19.0. The third-order valence-corrected chi connectivity index (χ3v) is 7.42. The Hall–Kier alpha value is -1.86. The molecule has 0 saturated heterocycles. The number of benzene rings is 2. The molecule has 0 N–H and O–H groups in total. The van der Waals surface area contributed by atoms with Crippen molar-refractivity contribution in [1.29, 1.82) is 0 Å². The second kappa shape index (κ2) is 5.16. The van der Waals surface area contributed by atoms with Crippen molar-refractivity contribution >= 4 is 20.9 Å². The maximum Gasteiger partial charge on any atom is -0.0223 e. The van der Waals surface area contributed by atoms with E-state index in [1.54, 1.807) is 5.56 Å². The monoisotopic (exact) mass is 287 g/mol. The fraction of sp³-hybridized carbons (Fsp3) is 0.200. The highest BCUT2D eigenvalue weighted by Gasteiger charge is 2.19. The molecule has 0 heterocycles. The SMILES string of the molecule is C[Si-](CC1C=Cc2ccccc21)C1C=Cc2ccccc21. The number of allylic oxidation sites excluding steroid dienone is 2. The zero-order chi connectivity index (χ0) is 14.2. The molecule has 4 rings (SSSR count). The summed E-state index contributed by atoms with van der Waals surface area (Å²) in [5, 5.41) is 0. The summed E-state index contributed by atoms with van der Waals surface area (Å²) in [5.74, 6) is 0.626. The van der Waals surface area contributed by atoms with Crippen LogP contribution in [0, 0.1) is 0 Å². The molecule has 0 fully saturated rings. The van der Waals surface area contributed by atoms with Crippen LogP contribution in [-0.2, 0) is 0 Å². The Balaban J connectivity index is 1.55. The van der Waals surface area contributed by atoms with E-state index in [2.05, 4.69) is 79.4 Å². The summed E-state index contributed by atoms with van der Waals surface area (Å²) >= 11 is 0. The fourth-order valence-corrected chi connectivity index (χ4v) is 6.18. The predicted molar refractivity (Wildman–Crippen MR) is 92.9 cm³/mol. The zero-order valence-electron chi connectivity index (χ0n) is 12.3. The number of hydrogen-bond acceptors (Lipinski definition) is 0. The summed E-state index contributed by atoms with van der Waals surface area (Å²) in [6.07, 6.45) is 9.45. The lowest BCUT2D eigenvalue weighted by Crippen LogP contribution is -2.19. The van der Waals surface area contributed by atoms with Gasteiger partial charge < -0.3 is 0 Å². The van der Waals surface area contributed by atoms with Crippen LogP contribution in [0.3, 0.4) is 0 Å². The Morgan fingerprint density at radius 1 is 0.810 bits per heavy atom. The van der Waals surface area contributed by atoms with Crippen molar-refractivity contribution < 1.29 is 0 Å². The van der Waals surface area contributed by atoms with E-state index in [0.717, 1.165) is 0 Å². The van der Waals surface area contributed by atoms with Gasteiger partial charge in [0.1, 0.15) is 0 Å². The van der Waals surface area contributed by atoms with Gasteiger partial charge in [-0.15, -0.1) is 11.6 Å². The normalized spacial score (nSPS) is 21.8. The molecule has 0 bridgehead atoms. The van der Waals surface area contributed by atoms with Gasteiger partial charge in [-0.25, -0.2) is 8.80 Å². The Morgan fingerprint density at radius 2 is 1.43 bits per heavy atom. The predicted octanol–water partition coefficient (Wildman–Crippen LogP) is 5.27. The molecule has 2 unspecified atom stereocenters. The van der Waals surface area contributed by atoms with Gasteiger partial charge >= 0.3 is 0 Å². The molecule has 0 nitrogen and oxygen atoms in total. The van der Waals surface area contributed by atoms with Gasteiger partial charge in [0.15, 0.2) is 0 Å². The molecule has 0 spiro atoms. The highest BCUT2D eigenvalue weighted by Crippen LogP contribution is 2.39. The van der Waals surface area contributed by atoms with Crippen LogP contribution in [0.5, 0.6) is 0 Å². The Labute approximate surface area is 128 Å². The molecule has 0 aliphatic heterocycles. The van der Waals surface area contributed by atoms with Crippen molar-refractivity contribution in [2.75, 3.05) is 0 Å². The first-order valence-corrected chi connectivity index (χ1v) is 9.98. The maximum absolute atomic E-state index is 2.50. The van der Waals surface area contributed by atoms with Crippen LogP contribution in [0.4, 0.5) is 0 Å². The minimum atomic E-state index is -0.442. The molecule has 0 aromatic heterocycles. The van der Waals surface area contributed by atoms with E-state index < -0.39 is 8.80 Å². The maximum atomic E-state index is 2.50. The number of rotatable bonds is 3. The summed E-state index contributed by atoms with van der Waals surface area (Å²) in [7, 11) is -0.442. The molecule has 104 valence electrons. The first-order chi connectivity index (χ1) is 10.3. The van der Waals surface area contributed by atoms with Crippen LogP contribution in [0.15, 0.2) is 60.7 Å². The van der Waals surface area contributed by atoms with Gasteiger partial charge in [-0.3, -0.25) is 0 Å². The van der Waals surface area contributed by atoms with E-state index >= 15 is 0 Å². The lowest BCUT2D eigenvalue weighted by molar-refractivity contribution is 0.952. The highest BCUT2D eigenvalue weighted by atomic mass is 28.3. The summed E-state index contributed by atoms with van der Waals surface area (Å²) in [4.78, 5) is 0. The van der Waals surface area contributed by atoms with Gasteiger partial charge in [-0.05, 0) is 22.6 Å². The molecule has 0 radical (unpaired) electrons. The number of fused-ring (bicyclic) bond motifs is 2. The average Bonchev–Trinajstić information content (AvgIpc) is 3.12. The summed E-state index contributed by atoms with van der Waals surface area (Å²) < 4.78 is 0. The van der Waals surface area contributed by atoms with Gasteiger partial charge in [-0.1, -0.05) is 72.3 Å². The van der Waals surface area contributed by atoms with Gasteiger partial charge in [-0.2, -0.15) is 12.6 Å². The molecule has 2 aliphatic rings. The van der Waals surface area contributed by atoms with Crippen LogP contribution >= 0.6 is 0 Å². The zero-order valence-corrected chi connectivity index (χ0v) is 13.3. The minimum Gasteiger partial charge on any atom is -0.248 e. The molecule has 2 aromatic rings. The van der Waals surface area contributed by atoms with Crippen molar-refractivity contribution in [1.82, 2.24) is 0 Å². The number of hydrogen-bond donors (Lipinski definition) is 0. The lowest BCUT2D eigenvalue weighted by atomic mass is 10.0. The van der Waals surface area contributed by atoms with Crippen LogP contribution < -0.4 is 0 Å². The molecule has 21 heavy (non-hydrogen) atoms. The van der Waals surface area contributed by atoms with E-state index in [1.807, 2.05) is 0 Å². The Morgan fingerprint density at radius 3 is 2.24 bits per heavy atom. The van der Waals surface area contributed by atoms with Gasteiger partial charge in [0, 0.05) is 0 Å². The van der Waals surface area contributed by atoms with E-state index in [1.165, 1.54) is 22.7 Å². The van der Waals surface area contributed by atoms with E-state index in [4.69, 9.17) is 0 Å². The first kappa shape index (κ1) is 12.8. The van der Waals surface area contributed by atoms with Crippen molar-refractivity contribution in [2.24, 2.45) is 0 Å². The Kier molecular flexibility index (Phi) is 3.15. The quantitative estimate of drug-likeness (QED) is 0.674. The third-order valence-electron chi connectivity index (χ3n) is 4.78. The van der Waals surface area contributed by atoms with Crippen LogP contribution in [0.2, 0.25) is 12.6 Å². The molecule has 0 amide bonds. The topological polar surface area (TPSA) is 0 Å². The van der Waals surface area contributed by atoms with E-state index in [-0.39, 0.29) is 0 Å².